The van der Waals surface area contributed by atoms with E-state index in [0.717, 1.165) is 44.3 Å². The second kappa shape index (κ2) is 10.6. The molecule has 1 atom stereocenters. The maximum atomic E-state index is 5.35. The number of hydrogen-bond donors (Lipinski definition) is 2. The van der Waals surface area contributed by atoms with Crippen molar-refractivity contribution in [2.75, 3.05) is 26.7 Å². The molecular weight excluding hydrogens is 312 g/mol. The second-order valence-electron chi connectivity index (χ2n) is 6.23. The third-order valence-corrected chi connectivity index (χ3v) is 4.13. The molecule has 0 radical (unpaired) electrons. The quantitative estimate of drug-likeness (QED) is 0.543. The Hall–Kier alpha value is -2.27. The van der Waals surface area contributed by atoms with Crippen LogP contribution in [0.25, 0.3) is 0 Å². The molecular formula is C20H30N4O. The van der Waals surface area contributed by atoms with Gasteiger partial charge < -0.3 is 15.1 Å². The molecule has 1 aromatic heterocycles. The highest BCUT2D eigenvalue weighted by Crippen LogP contribution is 2.06. The predicted molar refractivity (Wildman–Crippen MR) is 104 cm³/mol. The summed E-state index contributed by atoms with van der Waals surface area (Å²) >= 11 is 0. The third kappa shape index (κ3) is 7.01. The predicted octanol–water partition coefficient (Wildman–Crippen LogP) is 2.90. The van der Waals surface area contributed by atoms with Crippen molar-refractivity contribution in [2.24, 2.45) is 4.99 Å². The molecule has 0 saturated heterocycles. The fraction of sp³-hybridized carbons (Fsp3) is 0.450. The van der Waals surface area contributed by atoms with Crippen LogP contribution in [0.4, 0.5) is 0 Å². The summed E-state index contributed by atoms with van der Waals surface area (Å²) in [6, 6.07) is 14.8. The number of nitrogens with one attached hydrogen (secondary N) is 2. The number of furan rings is 1. The third-order valence-electron chi connectivity index (χ3n) is 4.13. The topological polar surface area (TPSA) is 52.8 Å². The number of nitrogens with zero attached hydrogens (tertiary/aromatic N) is 2. The zero-order valence-electron chi connectivity index (χ0n) is 15.5. The van der Waals surface area contributed by atoms with Crippen molar-refractivity contribution >= 4 is 5.96 Å². The van der Waals surface area contributed by atoms with E-state index in [4.69, 9.17) is 9.41 Å². The lowest BCUT2D eigenvalue weighted by atomic mass is 10.2. The van der Waals surface area contributed by atoms with E-state index in [-0.39, 0.29) is 0 Å². The Balaban J connectivity index is 1.79. The lowest BCUT2D eigenvalue weighted by Gasteiger charge is -2.23. The molecule has 0 aliphatic rings. The number of benzene rings is 1. The Labute approximate surface area is 151 Å². The first-order valence-corrected chi connectivity index (χ1v) is 8.97. The summed E-state index contributed by atoms with van der Waals surface area (Å²) in [7, 11) is 2.14. The Bertz CT molecular complexity index is 610. The first-order chi connectivity index (χ1) is 12.2. The van der Waals surface area contributed by atoms with Gasteiger partial charge in [-0.15, -0.1) is 0 Å². The van der Waals surface area contributed by atoms with E-state index in [1.165, 1.54) is 5.56 Å². The maximum absolute atomic E-state index is 5.35. The molecule has 0 spiro atoms. The van der Waals surface area contributed by atoms with E-state index >= 15 is 0 Å². The van der Waals surface area contributed by atoms with Crippen LogP contribution in [0.15, 0.2) is 58.1 Å². The smallest absolute Gasteiger partial charge is 0.191 e. The number of aliphatic imine (C=N–C) groups is 1. The molecule has 1 heterocycles. The minimum Gasteiger partial charge on any atom is -0.469 e. The zero-order valence-corrected chi connectivity index (χ0v) is 15.5. The molecule has 0 bridgehead atoms. The van der Waals surface area contributed by atoms with Crippen LogP contribution in [0.5, 0.6) is 0 Å². The first kappa shape index (κ1) is 19.1. The van der Waals surface area contributed by atoms with Gasteiger partial charge in [0.25, 0.3) is 0 Å². The molecule has 0 saturated carbocycles. The van der Waals surface area contributed by atoms with Crippen molar-refractivity contribution in [2.45, 2.75) is 32.9 Å². The van der Waals surface area contributed by atoms with Gasteiger partial charge in [0.1, 0.15) is 5.76 Å². The zero-order chi connectivity index (χ0) is 17.9. The van der Waals surface area contributed by atoms with Crippen molar-refractivity contribution < 1.29 is 4.42 Å². The fourth-order valence-electron chi connectivity index (χ4n) is 2.49. The number of likely N-dealkylation sites (N-methyl/N-ethyl adjacent to an activating group) is 1. The van der Waals surface area contributed by atoms with E-state index in [1.807, 2.05) is 18.2 Å². The second-order valence-corrected chi connectivity index (χ2v) is 6.23. The molecule has 0 amide bonds. The van der Waals surface area contributed by atoms with E-state index in [2.05, 4.69) is 60.7 Å². The van der Waals surface area contributed by atoms with Crippen LogP contribution >= 0.6 is 0 Å². The van der Waals surface area contributed by atoms with Crippen LogP contribution in [-0.2, 0) is 13.0 Å². The lowest BCUT2D eigenvalue weighted by Crippen LogP contribution is -2.40. The van der Waals surface area contributed by atoms with Crippen molar-refractivity contribution in [1.29, 1.82) is 0 Å². The van der Waals surface area contributed by atoms with Gasteiger partial charge in [-0.3, -0.25) is 9.89 Å². The van der Waals surface area contributed by atoms with Crippen LogP contribution in [0.2, 0.25) is 0 Å². The standard InChI is InChI=1S/C20H30N4O/c1-4-21-20(22-13-12-19-11-8-14-25-19)23-15-17(2)24(3)16-18-9-6-5-7-10-18/h5-11,14,17H,4,12-13,15-16H2,1-3H3,(H2,21,22,23). The van der Waals surface area contributed by atoms with Gasteiger partial charge in [-0.1, -0.05) is 30.3 Å². The van der Waals surface area contributed by atoms with Crippen molar-refractivity contribution in [3.8, 4) is 0 Å². The van der Waals surface area contributed by atoms with Gasteiger partial charge in [0.2, 0.25) is 0 Å². The van der Waals surface area contributed by atoms with Gasteiger partial charge in [0.05, 0.1) is 12.8 Å². The molecule has 2 rings (SSSR count). The molecule has 25 heavy (non-hydrogen) atoms. The largest absolute Gasteiger partial charge is 0.469 e. The Morgan fingerprint density at radius 1 is 1.16 bits per heavy atom. The summed E-state index contributed by atoms with van der Waals surface area (Å²) in [4.78, 5) is 7.04. The van der Waals surface area contributed by atoms with E-state index in [9.17, 15) is 0 Å². The monoisotopic (exact) mass is 342 g/mol. The molecule has 5 nitrogen and oxygen atoms in total. The minimum absolute atomic E-state index is 0.362. The summed E-state index contributed by atoms with van der Waals surface area (Å²) in [5.74, 6) is 1.84. The molecule has 5 heteroatoms. The van der Waals surface area contributed by atoms with E-state index < -0.39 is 0 Å². The Morgan fingerprint density at radius 3 is 2.64 bits per heavy atom. The average Bonchev–Trinajstić information content (AvgIpc) is 3.13. The molecule has 2 N–H and O–H groups in total. The van der Waals surface area contributed by atoms with Crippen molar-refractivity contribution in [3.63, 3.8) is 0 Å². The summed E-state index contributed by atoms with van der Waals surface area (Å²) in [6.45, 7) is 7.61. The van der Waals surface area contributed by atoms with Gasteiger partial charge in [-0.2, -0.15) is 0 Å². The van der Waals surface area contributed by atoms with Gasteiger partial charge in [-0.25, -0.2) is 0 Å². The molecule has 0 aliphatic heterocycles. The summed E-state index contributed by atoms with van der Waals surface area (Å²) in [6.07, 6.45) is 2.56. The first-order valence-electron chi connectivity index (χ1n) is 8.97. The van der Waals surface area contributed by atoms with Crippen molar-refractivity contribution in [3.05, 3.63) is 60.1 Å². The SMILES string of the molecule is CCNC(=NCC(C)N(C)Cc1ccccc1)NCCc1ccco1. The van der Waals surface area contributed by atoms with E-state index in [1.54, 1.807) is 6.26 Å². The molecule has 1 aromatic carbocycles. The maximum Gasteiger partial charge on any atom is 0.191 e. The number of hydrogen-bond acceptors (Lipinski definition) is 3. The van der Waals surface area contributed by atoms with Crippen LogP contribution in [0.1, 0.15) is 25.2 Å². The van der Waals surface area contributed by atoms with Gasteiger partial charge >= 0.3 is 0 Å². The fourth-order valence-corrected chi connectivity index (χ4v) is 2.49. The molecule has 136 valence electrons. The summed E-state index contributed by atoms with van der Waals surface area (Å²) < 4.78 is 5.35. The van der Waals surface area contributed by atoms with Crippen molar-refractivity contribution in [1.82, 2.24) is 15.5 Å². The highest BCUT2D eigenvalue weighted by atomic mass is 16.3. The van der Waals surface area contributed by atoms with Gasteiger partial charge in [0.15, 0.2) is 5.96 Å². The van der Waals surface area contributed by atoms with Crippen LogP contribution in [0.3, 0.4) is 0 Å². The summed E-state index contributed by atoms with van der Waals surface area (Å²) in [5, 5.41) is 6.66. The lowest BCUT2D eigenvalue weighted by molar-refractivity contribution is 0.255. The normalized spacial score (nSPS) is 13.0. The number of guanidine groups is 1. The number of rotatable bonds is 9. The van der Waals surface area contributed by atoms with Gasteiger partial charge in [-0.05, 0) is 38.6 Å². The van der Waals surface area contributed by atoms with Crippen LogP contribution in [-0.4, -0.2) is 43.6 Å². The average molecular weight is 342 g/mol. The molecule has 0 aliphatic carbocycles. The molecule has 0 fully saturated rings. The van der Waals surface area contributed by atoms with Crippen LogP contribution in [0, 0.1) is 0 Å². The highest BCUT2D eigenvalue weighted by molar-refractivity contribution is 5.79. The summed E-state index contributed by atoms with van der Waals surface area (Å²) in [5.41, 5.74) is 1.32. The molecule has 2 aromatic rings. The van der Waals surface area contributed by atoms with E-state index in [0.29, 0.717) is 6.04 Å². The Kier molecular flexibility index (Phi) is 8.05. The Morgan fingerprint density at radius 2 is 1.96 bits per heavy atom. The highest BCUT2D eigenvalue weighted by Gasteiger charge is 2.09. The van der Waals surface area contributed by atoms with Crippen LogP contribution < -0.4 is 10.6 Å². The van der Waals surface area contributed by atoms with Gasteiger partial charge in [0, 0.05) is 32.1 Å². The molecule has 1 unspecified atom stereocenters. The minimum atomic E-state index is 0.362.